The van der Waals surface area contributed by atoms with Crippen molar-refractivity contribution in [1.82, 2.24) is 24.9 Å². The van der Waals surface area contributed by atoms with Crippen LogP contribution in [0.15, 0.2) is 41.6 Å². The Bertz CT molecular complexity index is 791. The van der Waals surface area contributed by atoms with Gasteiger partial charge in [-0.25, -0.2) is 13.4 Å². The zero-order chi connectivity index (χ0) is 17.0. The van der Waals surface area contributed by atoms with Gasteiger partial charge in [0.2, 0.25) is 10.0 Å². The molecule has 0 bridgehead atoms. The summed E-state index contributed by atoms with van der Waals surface area (Å²) in [6, 6.07) is 5.98. The zero-order valence-corrected chi connectivity index (χ0v) is 16.3. The molecule has 1 aromatic heterocycles. The number of amides is 1. The molecule has 0 saturated carbocycles. The Labute approximate surface area is 164 Å². The van der Waals surface area contributed by atoms with Crippen LogP contribution in [0.3, 0.4) is 0 Å². The van der Waals surface area contributed by atoms with E-state index in [1.165, 1.54) is 28.6 Å². The molecule has 144 valence electrons. The maximum atomic E-state index is 12.5. The monoisotopic (exact) mass is 421 g/mol. The van der Waals surface area contributed by atoms with Crippen molar-refractivity contribution in [1.29, 1.82) is 0 Å². The highest BCUT2D eigenvalue weighted by molar-refractivity contribution is 7.89. The first-order valence-electron chi connectivity index (χ1n) is 7.65. The van der Waals surface area contributed by atoms with Gasteiger partial charge in [-0.3, -0.25) is 4.79 Å². The van der Waals surface area contributed by atoms with Gasteiger partial charge < -0.3 is 15.6 Å². The second-order valence-electron chi connectivity index (χ2n) is 5.40. The van der Waals surface area contributed by atoms with Crippen molar-refractivity contribution >= 4 is 40.7 Å². The molecule has 26 heavy (non-hydrogen) atoms. The lowest BCUT2D eigenvalue weighted by atomic mass is 10.2. The Kier molecular flexibility index (Phi) is 8.51. The minimum absolute atomic E-state index is 0. The molecule has 0 aliphatic carbocycles. The average molecular weight is 422 g/mol. The lowest BCUT2D eigenvalue weighted by molar-refractivity contribution is 0.0950. The van der Waals surface area contributed by atoms with E-state index in [4.69, 9.17) is 0 Å². The first-order chi connectivity index (χ1) is 11.6. The second-order valence-corrected chi connectivity index (χ2v) is 7.33. The SMILES string of the molecule is Cl.Cl.O=C(NCc1ncc[nH]1)c1ccc(S(=O)(=O)N2CCNCC2)cc1. The van der Waals surface area contributed by atoms with Crippen LogP contribution in [0.4, 0.5) is 0 Å². The highest BCUT2D eigenvalue weighted by Crippen LogP contribution is 2.17. The molecule has 1 aliphatic heterocycles. The first-order valence-corrected chi connectivity index (χ1v) is 9.09. The molecule has 1 saturated heterocycles. The molecule has 1 aromatic carbocycles. The van der Waals surface area contributed by atoms with Gasteiger partial charge >= 0.3 is 0 Å². The summed E-state index contributed by atoms with van der Waals surface area (Å²) < 4.78 is 26.5. The van der Waals surface area contributed by atoms with Crippen molar-refractivity contribution in [2.24, 2.45) is 0 Å². The molecule has 1 fully saturated rings. The number of H-pyrrole nitrogens is 1. The van der Waals surface area contributed by atoms with E-state index >= 15 is 0 Å². The van der Waals surface area contributed by atoms with Crippen molar-refractivity contribution < 1.29 is 13.2 Å². The number of piperazine rings is 1. The summed E-state index contributed by atoms with van der Waals surface area (Å²) in [6.07, 6.45) is 3.29. The molecule has 3 rings (SSSR count). The van der Waals surface area contributed by atoms with E-state index in [-0.39, 0.29) is 42.2 Å². The van der Waals surface area contributed by atoms with E-state index in [9.17, 15) is 13.2 Å². The number of nitrogens with one attached hydrogen (secondary N) is 3. The lowest BCUT2D eigenvalue weighted by Crippen LogP contribution is -2.46. The van der Waals surface area contributed by atoms with Crippen LogP contribution < -0.4 is 10.6 Å². The van der Waals surface area contributed by atoms with Gasteiger partial charge in [-0.05, 0) is 24.3 Å². The van der Waals surface area contributed by atoms with Crippen molar-refractivity contribution in [3.63, 3.8) is 0 Å². The second kappa shape index (κ2) is 9.89. The maximum absolute atomic E-state index is 12.5. The van der Waals surface area contributed by atoms with E-state index in [0.717, 1.165) is 0 Å². The molecule has 0 spiro atoms. The van der Waals surface area contributed by atoms with Gasteiger partial charge in [0.05, 0.1) is 11.4 Å². The minimum atomic E-state index is -3.51. The molecule has 1 aliphatic rings. The van der Waals surface area contributed by atoms with E-state index in [1.54, 1.807) is 12.4 Å². The summed E-state index contributed by atoms with van der Waals surface area (Å²) in [4.78, 5) is 19.2. The summed E-state index contributed by atoms with van der Waals surface area (Å²) in [5.41, 5.74) is 0.404. The smallest absolute Gasteiger partial charge is 0.251 e. The molecule has 8 nitrogen and oxygen atoms in total. The topological polar surface area (TPSA) is 107 Å². The quantitative estimate of drug-likeness (QED) is 0.660. The van der Waals surface area contributed by atoms with Gasteiger partial charge in [0.1, 0.15) is 5.82 Å². The largest absolute Gasteiger partial charge is 0.347 e. The van der Waals surface area contributed by atoms with E-state index in [1.807, 2.05) is 0 Å². The predicted molar refractivity (Wildman–Crippen MR) is 102 cm³/mol. The third kappa shape index (κ3) is 5.18. The molecule has 1 amide bonds. The fourth-order valence-corrected chi connectivity index (χ4v) is 3.91. The number of aromatic amines is 1. The zero-order valence-electron chi connectivity index (χ0n) is 13.8. The number of carbonyl (C=O) groups excluding carboxylic acids is 1. The molecular weight excluding hydrogens is 401 g/mol. The number of rotatable bonds is 5. The summed E-state index contributed by atoms with van der Waals surface area (Å²) in [5, 5.41) is 5.84. The van der Waals surface area contributed by atoms with Gasteiger partial charge in [-0.2, -0.15) is 4.31 Å². The van der Waals surface area contributed by atoms with Crippen molar-refractivity contribution in [2.45, 2.75) is 11.4 Å². The molecule has 11 heteroatoms. The van der Waals surface area contributed by atoms with Crippen LogP contribution in [0.2, 0.25) is 0 Å². The molecular formula is C15H21Cl2N5O3S. The van der Waals surface area contributed by atoms with Crippen LogP contribution in [-0.4, -0.2) is 54.8 Å². The Morgan fingerprint density at radius 3 is 2.38 bits per heavy atom. The summed E-state index contributed by atoms with van der Waals surface area (Å²) in [6.45, 7) is 2.48. The maximum Gasteiger partial charge on any atom is 0.251 e. The normalized spacial score (nSPS) is 14.8. The van der Waals surface area contributed by atoms with Crippen LogP contribution >= 0.6 is 24.8 Å². The fraction of sp³-hybridized carbons (Fsp3) is 0.333. The summed E-state index contributed by atoms with van der Waals surface area (Å²) in [7, 11) is -3.51. The van der Waals surface area contributed by atoms with E-state index in [0.29, 0.717) is 37.6 Å². The van der Waals surface area contributed by atoms with Gasteiger partial charge in [0.15, 0.2) is 0 Å². The van der Waals surface area contributed by atoms with Crippen LogP contribution in [0.1, 0.15) is 16.2 Å². The van der Waals surface area contributed by atoms with Gasteiger partial charge in [0, 0.05) is 44.1 Å². The predicted octanol–water partition coefficient (Wildman–Crippen LogP) is 0.777. The van der Waals surface area contributed by atoms with E-state index < -0.39 is 10.0 Å². The van der Waals surface area contributed by atoms with Crippen LogP contribution in [0.5, 0.6) is 0 Å². The van der Waals surface area contributed by atoms with Gasteiger partial charge in [-0.15, -0.1) is 24.8 Å². The van der Waals surface area contributed by atoms with Crippen LogP contribution in [0, 0.1) is 0 Å². The fourth-order valence-electron chi connectivity index (χ4n) is 2.47. The first kappa shape index (κ1) is 22.4. The number of sulfonamides is 1. The highest BCUT2D eigenvalue weighted by Gasteiger charge is 2.25. The van der Waals surface area contributed by atoms with Crippen molar-refractivity contribution in [3.05, 3.63) is 48.0 Å². The summed E-state index contributed by atoms with van der Waals surface area (Å²) >= 11 is 0. The van der Waals surface area contributed by atoms with E-state index in [2.05, 4.69) is 20.6 Å². The van der Waals surface area contributed by atoms with Crippen molar-refractivity contribution in [2.75, 3.05) is 26.2 Å². The molecule has 2 heterocycles. The number of benzene rings is 1. The minimum Gasteiger partial charge on any atom is -0.347 e. The third-order valence-electron chi connectivity index (χ3n) is 3.80. The van der Waals surface area contributed by atoms with Gasteiger partial charge in [-0.1, -0.05) is 0 Å². The summed E-state index contributed by atoms with van der Waals surface area (Å²) in [5.74, 6) is 0.374. The average Bonchev–Trinajstić information content (AvgIpc) is 3.14. The molecule has 0 unspecified atom stereocenters. The number of aromatic nitrogens is 2. The van der Waals surface area contributed by atoms with Gasteiger partial charge in [0.25, 0.3) is 5.91 Å². The Hall–Kier alpha value is -1.65. The molecule has 3 N–H and O–H groups in total. The number of nitrogens with zero attached hydrogens (tertiary/aromatic N) is 2. The molecule has 0 atom stereocenters. The number of carbonyl (C=O) groups is 1. The molecule has 2 aromatic rings. The number of hydrogen-bond donors (Lipinski definition) is 3. The lowest BCUT2D eigenvalue weighted by Gasteiger charge is -2.26. The third-order valence-corrected chi connectivity index (χ3v) is 5.71. The highest BCUT2D eigenvalue weighted by atomic mass is 35.5. The Morgan fingerprint density at radius 2 is 1.81 bits per heavy atom. The number of hydrogen-bond acceptors (Lipinski definition) is 5. The standard InChI is InChI=1S/C15H19N5O3S.2ClH/c21-15(19-11-14-17-5-6-18-14)12-1-3-13(4-2-12)24(22,23)20-9-7-16-8-10-20;;/h1-6,16H,7-11H2,(H,17,18)(H,19,21);2*1H. The number of halogens is 2. The Balaban J connectivity index is 0.00000169. The molecule has 0 radical (unpaired) electrons. The van der Waals surface area contributed by atoms with Crippen LogP contribution in [0.25, 0.3) is 0 Å². The number of imidazole rings is 1. The van der Waals surface area contributed by atoms with Crippen LogP contribution in [-0.2, 0) is 16.6 Å². The van der Waals surface area contributed by atoms with Crippen molar-refractivity contribution in [3.8, 4) is 0 Å². The Morgan fingerprint density at radius 1 is 1.15 bits per heavy atom.